The number of carbonyl (C=O) groups excluding carboxylic acids is 2. The van der Waals surface area contributed by atoms with Crippen LogP contribution in [0.2, 0.25) is 0 Å². The molecule has 0 bridgehead atoms. The number of piperidine rings is 1. The molecule has 0 aromatic carbocycles. The first kappa shape index (κ1) is 16.4. The van der Waals surface area contributed by atoms with Crippen LogP contribution in [0, 0.1) is 5.92 Å². The number of amides is 1. The van der Waals surface area contributed by atoms with E-state index in [1.807, 2.05) is 6.07 Å². The van der Waals surface area contributed by atoms with Crippen LogP contribution in [0.4, 0.5) is 0 Å². The third-order valence-corrected chi connectivity index (χ3v) is 4.32. The van der Waals surface area contributed by atoms with Crippen molar-refractivity contribution in [2.45, 2.75) is 32.2 Å². The zero-order valence-electron chi connectivity index (χ0n) is 13.8. The molecule has 0 radical (unpaired) electrons. The zero-order chi connectivity index (χ0) is 16.9. The molecule has 0 aliphatic carbocycles. The first-order valence-corrected chi connectivity index (χ1v) is 8.41. The van der Waals surface area contributed by atoms with Crippen LogP contribution in [0.25, 0.3) is 0 Å². The molecule has 1 amide bonds. The van der Waals surface area contributed by atoms with Crippen LogP contribution in [0.3, 0.4) is 0 Å². The molecule has 3 rings (SSSR count). The molecule has 2 aliphatic heterocycles. The summed E-state index contributed by atoms with van der Waals surface area (Å²) in [6.07, 6.45) is 6.64. The summed E-state index contributed by atoms with van der Waals surface area (Å²) in [4.78, 5) is 35.7. The van der Waals surface area contributed by atoms with E-state index < -0.39 is 17.9 Å². The number of rotatable bonds is 3. The highest BCUT2D eigenvalue weighted by Crippen LogP contribution is 2.30. The number of pyridine rings is 1. The summed E-state index contributed by atoms with van der Waals surface area (Å²) in [5.74, 6) is -1.35. The van der Waals surface area contributed by atoms with Crippen LogP contribution >= 0.6 is 0 Å². The Balaban J connectivity index is 1.94. The molecule has 7 nitrogen and oxygen atoms in total. The molecule has 2 atom stereocenters. The molecule has 128 valence electrons. The maximum absolute atomic E-state index is 12.6. The average Bonchev–Trinajstić information content (AvgIpc) is 2.62. The monoisotopic (exact) mass is 330 g/mol. The molecule has 0 spiro atoms. The lowest BCUT2D eigenvalue weighted by molar-refractivity contribution is -0.153. The van der Waals surface area contributed by atoms with E-state index in [0.29, 0.717) is 5.96 Å². The zero-order valence-corrected chi connectivity index (χ0v) is 13.8. The fraction of sp³-hybridized carbons (Fsp3) is 0.529. The van der Waals surface area contributed by atoms with Gasteiger partial charge in [-0.15, -0.1) is 0 Å². The lowest BCUT2D eigenvalue weighted by atomic mass is 9.92. The van der Waals surface area contributed by atoms with E-state index in [9.17, 15) is 9.59 Å². The normalized spacial score (nSPS) is 24.1. The fourth-order valence-corrected chi connectivity index (χ4v) is 3.12. The van der Waals surface area contributed by atoms with Crippen molar-refractivity contribution in [3.8, 4) is 0 Å². The van der Waals surface area contributed by atoms with Gasteiger partial charge in [0.25, 0.3) is 0 Å². The topological polar surface area (TPSA) is 83.9 Å². The van der Waals surface area contributed by atoms with Crippen LogP contribution in [-0.2, 0) is 14.3 Å². The Labute approximate surface area is 141 Å². The number of hydrogen-bond acceptors (Lipinski definition) is 6. The number of likely N-dealkylation sites (tertiary alicyclic amines) is 1. The molecular weight excluding hydrogens is 308 g/mol. The molecule has 0 saturated carbocycles. The van der Waals surface area contributed by atoms with E-state index in [1.54, 1.807) is 25.4 Å². The summed E-state index contributed by atoms with van der Waals surface area (Å²) in [7, 11) is 0. The first-order chi connectivity index (χ1) is 11.7. The Morgan fingerprint density at radius 3 is 2.83 bits per heavy atom. The van der Waals surface area contributed by atoms with E-state index in [-0.39, 0.29) is 12.5 Å². The lowest BCUT2D eigenvalue weighted by Crippen LogP contribution is -2.53. The Hall–Kier alpha value is -2.44. The molecule has 1 aromatic heterocycles. The van der Waals surface area contributed by atoms with E-state index in [1.165, 1.54) is 6.42 Å². The maximum atomic E-state index is 12.6. The average molecular weight is 330 g/mol. The Bertz CT molecular complexity index is 626. The smallest absolute Gasteiger partial charge is 0.321 e. The van der Waals surface area contributed by atoms with Gasteiger partial charge in [-0.2, -0.15) is 0 Å². The summed E-state index contributed by atoms with van der Waals surface area (Å²) >= 11 is 0. The van der Waals surface area contributed by atoms with Gasteiger partial charge < -0.3 is 9.64 Å². The van der Waals surface area contributed by atoms with Crippen LogP contribution < -0.4 is 5.32 Å². The largest absolute Gasteiger partial charge is 0.465 e. The Kier molecular flexibility index (Phi) is 5.08. The van der Waals surface area contributed by atoms with Gasteiger partial charge in [-0.05, 0) is 37.8 Å². The van der Waals surface area contributed by atoms with Crippen molar-refractivity contribution < 1.29 is 14.3 Å². The van der Waals surface area contributed by atoms with Gasteiger partial charge in [0, 0.05) is 25.5 Å². The number of esters is 1. The second-order valence-electron chi connectivity index (χ2n) is 5.95. The van der Waals surface area contributed by atoms with Crippen molar-refractivity contribution in [1.29, 1.82) is 0 Å². The highest BCUT2D eigenvalue weighted by Gasteiger charge is 2.42. The van der Waals surface area contributed by atoms with Gasteiger partial charge in [0.2, 0.25) is 11.9 Å². The molecule has 2 unspecified atom stereocenters. The minimum absolute atomic E-state index is 0.227. The molecule has 1 aromatic rings. The number of nitrogens with one attached hydrogen (secondary N) is 1. The van der Waals surface area contributed by atoms with E-state index in [4.69, 9.17) is 4.74 Å². The quantitative estimate of drug-likeness (QED) is 0.666. The van der Waals surface area contributed by atoms with Gasteiger partial charge >= 0.3 is 5.97 Å². The molecule has 2 aliphatic rings. The van der Waals surface area contributed by atoms with Gasteiger partial charge in [-0.3, -0.25) is 19.9 Å². The van der Waals surface area contributed by atoms with Crippen LogP contribution in [0.1, 0.15) is 37.8 Å². The Morgan fingerprint density at radius 1 is 1.38 bits per heavy atom. The van der Waals surface area contributed by atoms with Crippen molar-refractivity contribution in [2.24, 2.45) is 10.9 Å². The van der Waals surface area contributed by atoms with Crippen molar-refractivity contribution in [3.63, 3.8) is 0 Å². The predicted octanol–water partition coefficient (Wildman–Crippen LogP) is 1.27. The molecule has 24 heavy (non-hydrogen) atoms. The van der Waals surface area contributed by atoms with Gasteiger partial charge in [-0.25, -0.2) is 4.99 Å². The van der Waals surface area contributed by atoms with Crippen molar-refractivity contribution in [2.75, 3.05) is 19.7 Å². The second kappa shape index (κ2) is 7.42. The molecule has 7 heteroatoms. The third kappa shape index (κ3) is 3.39. The summed E-state index contributed by atoms with van der Waals surface area (Å²) in [6, 6.07) is 3.00. The highest BCUT2D eigenvalue weighted by atomic mass is 16.5. The second-order valence-corrected chi connectivity index (χ2v) is 5.95. The minimum atomic E-state index is -0.984. The number of hydrogen-bond donors (Lipinski definition) is 1. The number of aliphatic imine (C=N–C) groups is 1. The lowest BCUT2D eigenvalue weighted by Gasteiger charge is -2.35. The van der Waals surface area contributed by atoms with Gasteiger partial charge in [-0.1, -0.05) is 6.07 Å². The predicted molar refractivity (Wildman–Crippen MR) is 88.1 cm³/mol. The van der Waals surface area contributed by atoms with Crippen molar-refractivity contribution >= 4 is 17.8 Å². The Morgan fingerprint density at radius 2 is 2.17 bits per heavy atom. The van der Waals surface area contributed by atoms with Crippen LogP contribution in [0.5, 0.6) is 0 Å². The highest BCUT2D eigenvalue weighted by molar-refractivity contribution is 6.08. The molecular formula is C17H22N4O3. The molecule has 1 saturated heterocycles. The number of carbonyl (C=O) groups is 2. The third-order valence-electron chi connectivity index (χ3n) is 4.32. The molecule has 1 fully saturated rings. The summed E-state index contributed by atoms with van der Waals surface area (Å²) in [5.41, 5.74) is 0.736. The van der Waals surface area contributed by atoms with Gasteiger partial charge in [0.1, 0.15) is 6.04 Å². The molecule has 3 heterocycles. The summed E-state index contributed by atoms with van der Waals surface area (Å²) in [6.45, 7) is 3.68. The van der Waals surface area contributed by atoms with Crippen molar-refractivity contribution in [1.82, 2.24) is 15.2 Å². The SMILES string of the molecule is CCOC(=O)C1C(=O)NC(N2CCCCC2)=NC1c1cccnc1. The first-order valence-electron chi connectivity index (χ1n) is 8.41. The standard InChI is InChI=1S/C17H22N4O3/c1-2-24-16(23)13-14(12-7-6-8-18-11-12)19-17(20-15(13)22)21-9-4-3-5-10-21/h6-8,11,13-14H,2-5,9-10H2,1H3,(H,19,20,22). The van der Waals surface area contributed by atoms with Gasteiger partial charge in [0.15, 0.2) is 5.92 Å². The van der Waals surface area contributed by atoms with E-state index in [2.05, 4.69) is 20.2 Å². The van der Waals surface area contributed by atoms with Crippen molar-refractivity contribution in [3.05, 3.63) is 30.1 Å². The number of guanidine groups is 1. The summed E-state index contributed by atoms with van der Waals surface area (Å²) in [5, 5.41) is 2.79. The molecule has 1 N–H and O–H groups in total. The van der Waals surface area contributed by atoms with Gasteiger partial charge in [0.05, 0.1) is 6.61 Å². The number of nitrogens with zero attached hydrogens (tertiary/aromatic N) is 3. The number of aromatic nitrogens is 1. The van der Waals surface area contributed by atoms with E-state index >= 15 is 0 Å². The number of ether oxygens (including phenoxy) is 1. The van der Waals surface area contributed by atoms with Crippen LogP contribution in [0.15, 0.2) is 29.5 Å². The minimum Gasteiger partial charge on any atom is -0.465 e. The summed E-state index contributed by atoms with van der Waals surface area (Å²) < 4.78 is 5.08. The van der Waals surface area contributed by atoms with Crippen LogP contribution in [-0.4, -0.2) is 47.4 Å². The van der Waals surface area contributed by atoms with E-state index in [0.717, 1.165) is 31.5 Å². The maximum Gasteiger partial charge on any atom is 0.321 e. The fourth-order valence-electron chi connectivity index (χ4n) is 3.12.